The van der Waals surface area contributed by atoms with E-state index in [-0.39, 0.29) is 18.1 Å². The van der Waals surface area contributed by atoms with Crippen LogP contribution in [0.1, 0.15) is 52.7 Å². The van der Waals surface area contributed by atoms with Crippen molar-refractivity contribution in [3.05, 3.63) is 108 Å². The van der Waals surface area contributed by atoms with Gasteiger partial charge in [0.15, 0.2) is 13.2 Å². The molecule has 0 bridgehead atoms. The lowest BCUT2D eigenvalue weighted by molar-refractivity contribution is -0.158. The second-order valence-electron chi connectivity index (χ2n) is 13.4. The van der Waals surface area contributed by atoms with Gasteiger partial charge in [0.1, 0.15) is 22.7 Å². The van der Waals surface area contributed by atoms with Gasteiger partial charge in [-0.2, -0.15) is 8.42 Å². The topological polar surface area (TPSA) is 114 Å². The Morgan fingerprint density at radius 2 is 0.816 bits per heavy atom. The highest BCUT2D eigenvalue weighted by atomic mass is 32.3. The quantitative estimate of drug-likeness (QED) is 0.134. The van der Waals surface area contributed by atoms with Crippen LogP contribution in [0.25, 0.3) is 0 Å². The summed E-state index contributed by atoms with van der Waals surface area (Å²) in [6.07, 6.45) is 0. The van der Waals surface area contributed by atoms with Crippen LogP contribution in [0.2, 0.25) is 0 Å². The van der Waals surface area contributed by atoms with E-state index in [1.54, 1.807) is 102 Å². The Morgan fingerprint density at radius 3 is 1.14 bits per heavy atom. The van der Waals surface area contributed by atoms with E-state index in [1.807, 2.05) is 38.1 Å². The van der Waals surface area contributed by atoms with Gasteiger partial charge in [-0.05, 0) is 138 Å². The van der Waals surface area contributed by atoms with Gasteiger partial charge in [0.2, 0.25) is 0 Å². The van der Waals surface area contributed by atoms with E-state index in [0.29, 0.717) is 26.2 Å². The summed E-state index contributed by atoms with van der Waals surface area (Å²) in [5.41, 5.74) is 0.575. The number of ether oxygens (including phenoxy) is 4. The SMILES string of the molecule is Cc1ccc(S(OS(=O)(=O)c2ccc(C)cc2)(c2ccc(OCC(=O)OC(C)(C)C)cc2)c2ccc(OCC(=O)OC(C)(C)C)cc2)cc1. The number of carbonyl (C=O) groups is 2. The average Bonchev–Trinajstić information content (AvgIpc) is 3.01. The molecule has 0 aliphatic rings. The molecule has 0 radical (unpaired) electrons. The van der Waals surface area contributed by atoms with E-state index >= 15 is 0 Å². The summed E-state index contributed by atoms with van der Waals surface area (Å²) < 4.78 is 56.8. The molecular weight excluding hydrogens is 665 g/mol. The highest BCUT2D eigenvalue weighted by Gasteiger charge is 2.38. The first-order valence-corrected chi connectivity index (χ1v) is 18.7. The van der Waals surface area contributed by atoms with Crippen molar-refractivity contribution in [2.45, 2.75) is 86.2 Å². The summed E-state index contributed by atoms with van der Waals surface area (Å²) >= 11 is 0. The maximum atomic E-state index is 14.1. The molecule has 0 saturated carbocycles. The van der Waals surface area contributed by atoms with E-state index in [9.17, 15) is 18.0 Å². The minimum absolute atomic E-state index is 0.0108. The second-order valence-corrected chi connectivity index (χ2v) is 17.8. The third-order valence-electron chi connectivity index (χ3n) is 6.72. The van der Waals surface area contributed by atoms with Crippen LogP contribution >= 0.6 is 10.3 Å². The number of aryl methyl sites for hydroxylation is 2. The molecule has 0 aliphatic carbocycles. The van der Waals surface area contributed by atoms with Crippen LogP contribution in [0.15, 0.2) is 117 Å². The summed E-state index contributed by atoms with van der Waals surface area (Å²) in [4.78, 5) is 26.3. The Labute approximate surface area is 291 Å². The van der Waals surface area contributed by atoms with E-state index in [2.05, 4.69) is 0 Å². The van der Waals surface area contributed by atoms with Gasteiger partial charge in [0, 0.05) is 14.7 Å². The largest absolute Gasteiger partial charge is 0.482 e. The molecule has 4 rings (SSSR count). The number of hydrogen-bond acceptors (Lipinski definition) is 9. The number of benzene rings is 4. The zero-order chi connectivity index (χ0) is 36.0. The highest BCUT2D eigenvalue weighted by Crippen LogP contribution is 2.70. The van der Waals surface area contributed by atoms with Gasteiger partial charge in [-0.25, -0.2) is 13.2 Å². The Kier molecular flexibility index (Phi) is 11.5. The highest BCUT2D eigenvalue weighted by molar-refractivity contribution is 8.33. The molecule has 4 aromatic rings. The van der Waals surface area contributed by atoms with Crippen molar-refractivity contribution in [3.8, 4) is 11.5 Å². The maximum Gasteiger partial charge on any atom is 0.344 e. The Hall–Kier alpha value is -4.32. The van der Waals surface area contributed by atoms with Crippen molar-refractivity contribution < 1.29 is 40.6 Å². The molecule has 0 aliphatic heterocycles. The number of esters is 2. The van der Waals surface area contributed by atoms with Gasteiger partial charge < -0.3 is 18.9 Å². The molecule has 0 heterocycles. The zero-order valence-corrected chi connectivity index (χ0v) is 30.8. The third-order valence-corrected chi connectivity index (χ3v) is 11.9. The summed E-state index contributed by atoms with van der Waals surface area (Å²) in [5.74, 6) is -0.256. The summed E-state index contributed by atoms with van der Waals surface area (Å²) in [7, 11) is -7.33. The Bertz CT molecular complexity index is 1760. The molecule has 0 N–H and O–H groups in total. The van der Waals surface area contributed by atoms with Crippen molar-refractivity contribution >= 4 is 32.4 Å². The van der Waals surface area contributed by atoms with Crippen LogP contribution in [-0.2, 0) is 32.8 Å². The van der Waals surface area contributed by atoms with Gasteiger partial charge in [-0.3, -0.25) is 0 Å². The molecule has 0 unspecified atom stereocenters. The molecule has 4 aromatic carbocycles. The molecule has 0 aromatic heterocycles. The van der Waals surface area contributed by atoms with Gasteiger partial charge in [0.05, 0.1) is 4.90 Å². The molecule has 11 heteroatoms. The predicted molar refractivity (Wildman–Crippen MR) is 189 cm³/mol. The average molecular weight is 709 g/mol. The smallest absolute Gasteiger partial charge is 0.344 e. The Morgan fingerprint density at radius 1 is 0.510 bits per heavy atom. The first kappa shape index (κ1) is 37.5. The van der Waals surface area contributed by atoms with Crippen LogP contribution in [0, 0.1) is 13.8 Å². The van der Waals surface area contributed by atoms with Crippen LogP contribution in [0.4, 0.5) is 0 Å². The number of rotatable bonds is 12. The van der Waals surface area contributed by atoms with E-state index < -0.39 is 43.6 Å². The second kappa shape index (κ2) is 15.1. The first-order chi connectivity index (χ1) is 22.9. The normalized spacial score (nSPS) is 12.6. The van der Waals surface area contributed by atoms with Crippen molar-refractivity contribution in [3.63, 3.8) is 0 Å². The molecule has 0 atom stereocenters. The van der Waals surface area contributed by atoms with Crippen molar-refractivity contribution in [2.75, 3.05) is 13.2 Å². The molecule has 0 saturated heterocycles. The third kappa shape index (κ3) is 10.3. The lowest BCUT2D eigenvalue weighted by Gasteiger charge is -2.39. The molecular formula is C38H44O9S2. The minimum Gasteiger partial charge on any atom is -0.482 e. The van der Waals surface area contributed by atoms with Gasteiger partial charge in [0.25, 0.3) is 0 Å². The lowest BCUT2D eigenvalue weighted by atomic mass is 10.2. The monoisotopic (exact) mass is 708 g/mol. The van der Waals surface area contributed by atoms with Crippen LogP contribution in [-0.4, -0.2) is 44.8 Å². The minimum atomic E-state index is -4.34. The number of hydrogen-bond donors (Lipinski definition) is 0. The molecule has 262 valence electrons. The fourth-order valence-electron chi connectivity index (χ4n) is 4.62. The molecule has 0 fully saturated rings. The van der Waals surface area contributed by atoms with E-state index in [1.165, 1.54) is 12.1 Å². The van der Waals surface area contributed by atoms with Crippen LogP contribution in [0.3, 0.4) is 0 Å². The lowest BCUT2D eigenvalue weighted by Crippen LogP contribution is -2.27. The summed E-state index contributed by atoms with van der Waals surface area (Å²) in [6, 6.07) is 27.6. The van der Waals surface area contributed by atoms with Gasteiger partial charge in [-0.1, -0.05) is 35.4 Å². The molecule has 9 nitrogen and oxygen atoms in total. The standard InChI is InChI=1S/C38H44O9S2/c1-27-9-17-31(18-10-27)48(47-49(41,42)34-19-11-28(2)12-20-34,32-21-13-29(14-22-32)43-25-35(39)45-37(3,4)5)33-23-15-30(16-24-33)44-26-36(40)46-38(6,7)8/h9-24H,25-26H2,1-8H3. The van der Waals surface area contributed by atoms with Crippen LogP contribution < -0.4 is 9.47 Å². The van der Waals surface area contributed by atoms with Crippen molar-refractivity contribution in [1.29, 1.82) is 0 Å². The number of carbonyl (C=O) groups excluding carboxylic acids is 2. The zero-order valence-electron chi connectivity index (χ0n) is 29.1. The fourth-order valence-corrected chi connectivity index (χ4v) is 9.79. The predicted octanol–water partition coefficient (Wildman–Crippen LogP) is 8.35. The summed E-state index contributed by atoms with van der Waals surface area (Å²) in [5, 5.41) is 0. The van der Waals surface area contributed by atoms with Gasteiger partial charge >= 0.3 is 22.1 Å². The first-order valence-electron chi connectivity index (χ1n) is 15.7. The fraction of sp³-hybridized carbons (Fsp3) is 0.316. The molecule has 0 spiro atoms. The molecule has 49 heavy (non-hydrogen) atoms. The van der Waals surface area contributed by atoms with E-state index in [4.69, 9.17) is 22.6 Å². The van der Waals surface area contributed by atoms with Crippen molar-refractivity contribution in [1.82, 2.24) is 0 Å². The van der Waals surface area contributed by atoms with Crippen molar-refractivity contribution in [2.24, 2.45) is 0 Å². The maximum absolute atomic E-state index is 14.1. The van der Waals surface area contributed by atoms with Gasteiger partial charge in [-0.15, -0.1) is 0 Å². The Balaban J connectivity index is 1.80. The molecule has 0 amide bonds. The van der Waals surface area contributed by atoms with Crippen LogP contribution in [0.5, 0.6) is 11.5 Å². The summed E-state index contributed by atoms with van der Waals surface area (Å²) in [6.45, 7) is 13.9. The van der Waals surface area contributed by atoms with E-state index in [0.717, 1.165) is 11.1 Å².